The zero-order valence-electron chi connectivity index (χ0n) is 21.8. The van der Waals surface area contributed by atoms with E-state index in [0.29, 0.717) is 31.0 Å². The minimum atomic E-state index is -0.300. The van der Waals surface area contributed by atoms with E-state index < -0.39 is 0 Å². The van der Waals surface area contributed by atoms with Gasteiger partial charge in [-0.2, -0.15) is 0 Å². The maximum Gasteiger partial charge on any atom is 0.319 e. The molecule has 1 saturated heterocycles. The van der Waals surface area contributed by atoms with E-state index in [-0.39, 0.29) is 18.0 Å². The van der Waals surface area contributed by atoms with Gasteiger partial charge in [-0.3, -0.25) is 9.78 Å². The quantitative estimate of drug-likeness (QED) is 0.362. The molecule has 0 aliphatic carbocycles. The molecule has 3 amide bonds. The van der Waals surface area contributed by atoms with Crippen LogP contribution < -0.4 is 20.7 Å². The van der Waals surface area contributed by atoms with Crippen molar-refractivity contribution >= 4 is 17.6 Å². The number of hydrogen-bond acceptors (Lipinski definition) is 6. The second-order valence-corrected chi connectivity index (χ2v) is 9.43. The molecule has 0 unspecified atom stereocenters. The Balaban J connectivity index is 1.25. The van der Waals surface area contributed by atoms with Crippen molar-refractivity contribution in [2.24, 2.45) is 0 Å². The molecular weight excluding hydrogens is 480 g/mol. The van der Waals surface area contributed by atoms with E-state index in [0.717, 1.165) is 43.9 Å². The summed E-state index contributed by atoms with van der Waals surface area (Å²) >= 11 is 0. The summed E-state index contributed by atoms with van der Waals surface area (Å²) in [5.74, 6) is 0.664. The molecule has 1 atom stereocenters. The van der Waals surface area contributed by atoms with Crippen LogP contribution in [-0.4, -0.2) is 73.1 Å². The predicted octanol–water partition coefficient (Wildman–Crippen LogP) is 3.28. The number of nitrogens with one attached hydrogen (secondary N) is 3. The highest BCUT2D eigenvalue weighted by Crippen LogP contribution is 2.19. The Morgan fingerprint density at radius 3 is 2.45 bits per heavy atom. The van der Waals surface area contributed by atoms with Crippen LogP contribution in [-0.2, 0) is 11.3 Å². The zero-order valence-corrected chi connectivity index (χ0v) is 21.8. The maximum absolute atomic E-state index is 12.8. The van der Waals surface area contributed by atoms with Crippen molar-refractivity contribution in [3.05, 3.63) is 90.3 Å². The summed E-state index contributed by atoms with van der Waals surface area (Å²) in [5, 5.41) is 8.76. The van der Waals surface area contributed by atoms with Gasteiger partial charge in [0.05, 0.1) is 6.04 Å². The number of benzene rings is 2. The summed E-state index contributed by atoms with van der Waals surface area (Å²) in [6.45, 7) is 5.49. The van der Waals surface area contributed by atoms with Crippen LogP contribution in [0.2, 0.25) is 0 Å². The molecule has 0 spiro atoms. The van der Waals surface area contributed by atoms with Gasteiger partial charge in [0.25, 0.3) is 0 Å². The summed E-state index contributed by atoms with van der Waals surface area (Å²) < 4.78 is 6.03. The number of anilines is 1. The molecule has 1 fully saturated rings. The SMILES string of the molecule is CN1CCN(CCC(=O)N[C@H](COc2ccc(NC(=O)NCc3cccnc3)cc2)c2ccccc2)CC1. The van der Waals surface area contributed by atoms with Crippen molar-refractivity contribution in [3.8, 4) is 5.75 Å². The van der Waals surface area contributed by atoms with E-state index in [1.807, 2.05) is 42.5 Å². The second-order valence-electron chi connectivity index (χ2n) is 9.43. The van der Waals surface area contributed by atoms with Crippen LogP contribution in [0.3, 0.4) is 0 Å². The van der Waals surface area contributed by atoms with Crippen LogP contribution in [0.4, 0.5) is 10.5 Å². The van der Waals surface area contributed by atoms with Crippen molar-refractivity contribution in [2.75, 3.05) is 51.7 Å². The molecule has 3 N–H and O–H groups in total. The van der Waals surface area contributed by atoms with Crippen LogP contribution >= 0.6 is 0 Å². The smallest absolute Gasteiger partial charge is 0.319 e. The Labute approximate surface area is 224 Å². The third kappa shape index (κ3) is 8.86. The zero-order chi connectivity index (χ0) is 26.6. The van der Waals surface area contributed by atoms with E-state index in [1.54, 1.807) is 36.7 Å². The highest BCUT2D eigenvalue weighted by Gasteiger charge is 2.18. The first kappa shape index (κ1) is 27.1. The number of piperazine rings is 1. The van der Waals surface area contributed by atoms with Crippen LogP contribution in [0.1, 0.15) is 23.6 Å². The number of hydrogen-bond donors (Lipinski definition) is 3. The van der Waals surface area contributed by atoms with Gasteiger partial charge in [0, 0.05) is 63.8 Å². The highest BCUT2D eigenvalue weighted by molar-refractivity contribution is 5.89. The monoisotopic (exact) mass is 516 g/mol. The van der Waals surface area contributed by atoms with Crippen molar-refractivity contribution in [1.29, 1.82) is 0 Å². The Morgan fingerprint density at radius 1 is 0.974 bits per heavy atom. The van der Waals surface area contributed by atoms with Gasteiger partial charge in [0.1, 0.15) is 12.4 Å². The topological polar surface area (TPSA) is 98.8 Å². The molecule has 4 rings (SSSR count). The number of pyridine rings is 1. The van der Waals surface area contributed by atoms with Gasteiger partial charge in [0.15, 0.2) is 0 Å². The lowest BCUT2D eigenvalue weighted by Crippen LogP contribution is -2.45. The molecule has 0 saturated carbocycles. The summed E-state index contributed by atoms with van der Waals surface area (Å²) in [7, 11) is 2.13. The number of carbonyl (C=O) groups is 2. The molecule has 3 aromatic rings. The minimum Gasteiger partial charge on any atom is -0.491 e. The van der Waals surface area contributed by atoms with Gasteiger partial charge in [0.2, 0.25) is 5.91 Å². The first-order valence-electron chi connectivity index (χ1n) is 13.0. The van der Waals surface area contributed by atoms with Crippen molar-refractivity contribution in [2.45, 2.75) is 19.0 Å². The Morgan fingerprint density at radius 2 is 1.74 bits per heavy atom. The summed E-state index contributed by atoms with van der Waals surface area (Å²) in [5.41, 5.74) is 2.56. The van der Waals surface area contributed by atoms with Crippen molar-refractivity contribution in [1.82, 2.24) is 25.4 Å². The van der Waals surface area contributed by atoms with Crippen LogP contribution in [0, 0.1) is 0 Å². The Bertz CT molecular complexity index is 1140. The minimum absolute atomic E-state index is 0.0122. The van der Waals surface area contributed by atoms with E-state index in [2.05, 4.69) is 37.8 Å². The molecule has 1 aromatic heterocycles. The number of ether oxygens (including phenoxy) is 1. The van der Waals surface area contributed by atoms with Gasteiger partial charge >= 0.3 is 6.03 Å². The molecule has 1 aliphatic rings. The maximum atomic E-state index is 12.8. The summed E-state index contributed by atoms with van der Waals surface area (Å²) in [6, 6.07) is 20.2. The first-order chi connectivity index (χ1) is 18.5. The lowest BCUT2D eigenvalue weighted by atomic mass is 10.1. The molecule has 0 radical (unpaired) electrons. The van der Waals surface area contributed by atoms with E-state index in [9.17, 15) is 9.59 Å². The molecular formula is C29H36N6O3. The van der Waals surface area contributed by atoms with Crippen LogP contribution in [0.5, 0.6) is 5.75 Å². The fraction of sp³-hybridized carbons (Fsp3) is 0.345. The Kier molecular flexibility index (Phi) is 10.1. The van der Waals surface area contributed by atoms with E-state index >= 15 is 0 Å². The number of aromatic nitrogens is 1. The highest BCUT2D eigenvalue weighted by atomic mass is 16.5. The number of urea groups is 1. The van der Waals surface area contributed by atoms with Gasteiger partial charge in [-0.1, -0.05) is 36.4 Å². The average molecular weight is 517 g/mol. The fourth-order valence-corrected chi connectivity index (χ4v) is 4.18. The third-order valence-electron chi connectivity index (χ3n) is 6.49. The van der Waals surface area contributed by atoms with Crippen LogP contribution in [0.25, 0.3) is 0 Å². The van der Waals surface area contributed by atoms with Gasteiger partial charge < -0.3 is 30.5 Å². The largest absolute Gasteiger partial charge is 0.491 e. The van der Waals surface area contributed by atoms with E-state index in [4.69, 9.17) is 4.74 Å². The van der Waals surface area contributed by atoms with Gasteiger partial charge in [-0.25, -0.2) is 4.79 Å². The number of rotatable bonds is 11. The summed E-state index contributed by atoms with van der Waals surface area (Å²) in [6.07, 6.45) is 3.86. The molecule has 1 aliphatic heterocycles. The fourth-order valence-electron chi connectivity index (χ4n) is 4.18. The standard InChI is InChI=1S/C29H36N6O3/c1-34-16-18-35(19-17-34)15-13-28(36)33-27(24-7-3-2-4-8-24)22-38-26-11-9-25(10-12-26)32-29(37)31-21-23-6-5-14-30-20-23/h2-12,14,20,27H,13,15-19,21-22H2,1H3,(H,33,36)(H2,31,32,37)/t27-/m1/s1. The number of amides is 3. The molecule has 9 nitrogen and oxygen atoms in total. The van der Waals surface area contributed by atoms with Crippen molar-refractivity contribution < 1.29 is 14.3 Å². The summed E-state index contributed by atoms with van der Waals surface area (Å²) in [4.78, 5) is 33.7. The van der Waals surface area contributed by atoms with Gasteiger partial charge in [-0.15, -0.1) is 0 Å². The predicted molar refractivity (Wildman–Crippen MR) is 148 cm³/mol. The average Bonchev–Trinajstić information content (AvgIpc) is 2.95. The van der Waals surface area contributed by atoms with Crippen LogP contribution in [0.15, 0.2) is 79.1 Å². The normalized spacial score (nSPS) is 14.9. The second kappa shape index (κ2) is 14.1. The first-order valence-corrected chi connectivity index (χ1v) is 13.0. The molecule has 2 heterocycles. The van der Waals surface area contributed by atoms with Gasteiger partial charge in [-0.05, 0) is 48.5 Å². The van der Waals surface area contributed by atoms with Crippen molar-refractivity contribution in [3.63, 3.8) is 0 Å². The third-order valence-corrected chi connectivity index (χ3v) is 6.49. The molecule has 9 heteroatoms. The lowest BCUT2D eigenvalue weighted by Gasteiger charge is -2.32. The number of likely N-dealkylation sites (N-methyl/N-ethyl adjacent to an activating group) is 1. The molecule has 38 heavy (non-hydrogen) atoms. The number of nitrogens with zero attached hydrogens (tertiary/aromatic N) is 3. The molecule has 2 aromatic carbocycles. The molecule has 0 bridgehead atoms. The number of carbonyl (C=O) groups excluding carboxylic acids is 2. The van der Waals surface area contributed by atoms with E-state index in [1.165, 1.54) is 0 Å². The molecule has 200 valence electrons. The lowest BCUT2D eigenvalue weighted by molar-refractivity contribution is -0.122. The Hall–Kier alpha value is -3.95.